The number of aliphatic hydroxyl groups is 2. The molecule has 0 spiro atoms. The fourth-order valence-corrected chi connectivity index (χ4v) is 5.63. The van der Waals surface area contributed by atoms with Crippen molar-refractivity contribution in [2.75, 3.05) is 13.7 Å². The van der Waals surface area contributed by atoms with E-state index in [4.69, 9.17) is 19.9 Å². The van der Waals surface area contributed by atoms with Crippen LogP contribution in [0.4, 0.5) is 0 Å². The first-order valence-electron chi connectivity index (χ1n) is 12.2. The van der Waals surface area contributed by atoms with Crippen LogP contribution in [-0.4, -0.2) is 81.4 Å². The number of aromatic hydroxyl groups is 2. The number of rotatable bonds is 4. The molecular weight excluding hydrogens is 498 g/mol. The Morgan fingerprint density at radius 2 is 1.82 bits per heavy atom. The number of carbonyl (C=O) groups is 3. The second kappa shape index (κ2) is 9.14. The summed E-state index contributed by atoms with van der Waals surface area (Å²) in [4.78, 5) is 39.6. The van der Waals surface area contributed by atoms with Gasteiger partial charge in [0.05, 0.1) is 60.9 Å². The lowest BCUT2D eigenvalue weighted by Crippen LogP contribution is -2.58. The van der Waals surface area contributed by atoms with E-state index in [9.17, 15) is 34.8 Å². The van der Waals surface area contributed by atoms with Gasteiger partial charge in [-0.3, -0.25) is 14.4 Å². The molecule has 0 aromatic heterocycles. The number of ketones is 3. The van der Waals surface area contributed by atoms with Gasteiger partial charge in [0.15, 0.2) is 11.6 Å². The van der Waals surface area contributed by atoms with Gasteiger partial charge in [-0.1, -0.05) is 12.1 Å². The maximum atomic E-state index is 13.6. The van der Waals surface area contributed by atoms with Crippen LogP contribution in [0.15, 0.2) is 18.2 Å². The first kappa shape index (κ1) is 26.3. The zero-order valence-corrected chi connectivity index (χ0v) is 21.1. The van der Waals surface area contributed by atoms with Gasteiger partial charge in [-0.25, -0.2) is 0 Å². The molecule has 0 bridgehead atoms. The second-order valence-electron chi connectivity index (χ2n) is 10.1. The summed E-state index contributed by atoms with van der Waals surface area (Å²) in [6.45, 7) is 2.80. The van der Waals surface area contributed by atoms with E-state index >= 15 is 0 Å². The van der Waals surface area contributed by atoms with E-state index in [-0.39, 0.29) is 41.0 Å². The van der Waals surface area contributed by atoms with Gasteiger partial charge in [-0.05, 0) is 19.9 Å². The number of benzene rings is 2. The molecule has 6 atom stereocenters. The zero-order valence-electron chi connectivity index (χ0n) is 21.1. The Morgan fingerprint density at radius 3 is 2.47 bits per heavy atom. The van der Waals surface area contributed by atoms with Crippen LogP contribution in [0.3, 0.4) is 0 Å². The lowest BCUT2D eigenvalue weighted by Gasteiger charge is -2.42. The number of ether oxygens (including phenoxy) is 3. The van der Waals surface area contributed by atoms with E-state index in [0.717, 1.165) is 0 Å². The van der Waals surface area contributed by atoms with Gasteiger partial charge in [0.1, 0.15) is 22.8 Å². The third kappa shape index (κ3) is 3.73. The van der Waals surface area contributed by atoms with Gasteiger partial charge < -0.3 is 40.4 Å². The van der Waals surface area contributed by atoms with Crippen molar-refractivity contribution >= 4 is 17.3 Å². The Bertz CT molecular complexity index is 1370. The van der Waals surface area contributed by atoms with E-state index in [1.54, 1.807) is 6.92 Å². The fraction of sp³-hybridized carbons (Fsp3) is 0.444. The number of methoxy groups -OCH3 is 1. The van der Waals surface area contributed by atoms with Gasteiger partial charge in [-0.15, -0.1) is 0 Å². The standard InChI is InChI=1S/C27H29NO10/c1-10-22(30)21(28)16(9-37-10)38-15-8-27(35,11(2)29)7-13-18(15)26(34)20-19(24(13)32)23(31)12-5-4-6-14(36-3)17(12)25(20)33/h4-6,10,15-16,21-22,30,32,34-35H,7-9,28H2,1-3H3/t10-,15-,16-,21+,22-,27-/m0/s1. The van der Waals surface area contributed by atoms with Crippen molar-refractivity contribution in [1.82, 2.24) is 0 Å². The Hall–Kier alpha value is -3.35. The average Bonchev–Trinajstić information content (AvgIpc) is 2.88. The van der Waals surface area contributed by atoms with Crippen LogP contribution >= 0.6 is 0 Å². The summed E-state index contributed by atoms with van der Waals surface area (Å²) in [6.07, 6.45) is -4.55. The molecular formula is C27H29NO10. The number of nitrogens with two attached hydrogens (primary N) is 1. The molecule has 2 aliphatic carbocycles. The minimum Gasteiger partial charge on any atom is -0.507 e. The van der Waals surface area contributed by atoms with Crippen molar-refractivity contribution in [3.05, 3.63) is 51.6 Å². The van der Waals surface area contributed by atoms with Gasteiger partial charge in [0, 0.05) is 29.5 Å². The first-order valence-corrected chi connectivity index (χ1v) is 12.2. The summed E-state index contributed by atoms with van der Waals surface area (Å²) < 4.78 is 16.9. The predicted molar refractivity (Wildman–Crippen MR) is 131 cm³/mol. The number of phenolic OH excluding ortho intramolecular Hbond substituents is 2. The number of hydrogen-bond donors (Lipinski definition) is 5. The number of carbonyl (C=O) groups excluding carboxylic acids is 3. The molecule has 0 amide bonds. The van der Waals surface area contributed by atoms with Crippen LogP contribution in [0.1, 0.15) is 69.3 Å². The largest absolute Gasteiger partial charge is 0.507 e. The van der Waals surface area contributed by atoms with Crippen molar-refractivity contribution in [1.29, 1.82) is 0 Å². The van der Waals surface area contributed by atoms with E-state index in [1.807, 2.05) is 0 Å². The third-order valence-corrected chi connectivity index (χ3v) is 7.90. The highest BCUT2D eigenvalue weighted by Crippen LogP contribution is 2.52. The molecule has 0 radical (unpaired) electrons. The molecule has 1 heterocycles. The Kier molecular flexibility index (Phi) is 6.32. The third-order valence-electron chi connectivity index (χ3n) is 7.90. The quantitative estimate of drug-likeness (QED) is 0.300. The normalized spacial score (nSPS) is 30.3. The van der Waals surface area contributed by atoms with Crippen LogP contribution in [-0.2, 0) is 20.7 Å². The molecule has 1 saturated heterocycles. The number of hydrogen-bond acceptors (Lipinski definition) is 11. The van der Waals surface area contributed by atoms with Crippen LogP contribution in [0.5, 0.6) is 17.2 Å². The molecule has 1 aliphatic heterocycles. The number of fused-ring (bicyclic) bond motifs is 3. The van der Waals surface area contributed by atoms with Crippen molar-refractivity contribution in [3.8, 4) is 17.2 Å². The van der Waals surface area contributed by atoms with Gasteiger partial charge >= 0.3 is 0 Å². The highest BCUT2D eigenvalue weighted by Gasteiger charge is 2.49. The number of Topliss-reactive ketones (excluding diaryl/α,β-unsaturated/α-hetero) is 1. The average molecular weight is 528 g/mol. The monoisotopic (exact) mass is 527 g/mol. The SMILES string of the molecule is COc1cccc2c1C(=O)c1c(O)c3c(c(O)c1C2=O)C[C@@](O)(C(C)=O)C[C@@H]3O[C@H]1CO[C@@H](C)[C@H](O)[C@@H]1N. The molecule has 0 saturated carbocycles. The smallest absolute Gasteiger partial charge is 0.202 e. The summed E-state index contributed by atoms with van der Waals surface area (Å²) in [5, 5.41) is 44.4. The molecule has 3 aliphatic rings. The lowest BCUT2D eigenvalue weighted by atomic mass is 9.72. The maximum Gasteiger partial charge on any atom is 0.202 e. The number of phenols is 2. The highest BCUT2D eigenvalue weighted by molar-refractivity contribution is 6.31. The summed E-state index contributed by atoms with van der Waals surface area (Å²) >= 11 is 0. The maximum absolute atomic E-state index is 13.6. The Morgan fingerprint density at radius 1 is 1.13 bits per heavy atom. The Labute approximate surface area is 217 Å². The topological polar surface area (TPSA) is 186 Å². The molecule has 1 fully saturated rings. The first-order chi connectivity index (χ1) is 17.9. The fourth-order valence-electron chi connectivity index (χ4n) is 5.63. The summed E-state index contributed by atoms with van der Waals surface area (Å²) in [7, 11) is 1.34. The molecule has 2 aromatic rings. The van der Waals surface area contributed by atoms with E-state index < -0.39 is 82.5 Å². The Balaban J connectivity index is 1.70. The van der Waals surface area contributed by atoms with E-state index in [0.29, 0.717) is 0 Å². The molecule has 5 rings (SSSR count). The molecule has 0 unspecified atom stereocenters. The van der Waals surface area contributed by atoms with Crippen LogP contribution < -0.4 is 10.5 Å². The van der Waals surface area contributed by atoms with Crippen LogP contribution in [0.25, 0.3) is 0 Å². The predicted octanol–water partition coefficient (Wildman–Crippen LogP) is 0.681. The summed E-state index contributed by atoms with van der Waals surface area (Å²) in [5.74, 6) is -3.21. The van der Waals surface area contributed by atoms with Crippen molar-refractivity contribution in [3.63, 3.8) is 0 Å². The molecule has 11 heteroatoms. The van der Waals surface area contributed by atoms with Crippen LogP contribution in [0.2, 0.25) is 0 Å². The van der Waals surface area contributed by atoms with Gasteiger partial charge in [-0.2, -0.15) is 0 Å². The van der Waals surface area contributed by atoms with Crippen molar-refractivity contribution < 1.29 is 49.0 Å². The van der Waals surface area contributed by atoms with Gasteiger partial charge in [0.2, 0.25) is 5.78 Å². The number of aliphatic hydroxyl groups excluding tert-OH is 1. The summed E-state index contributed by atoms with van der Waals surface area (Å²) in [5.41, 5.74) is 3.08. The lowest BCUT2D eigenvalue weighted by molar-refractivity contribution is -0.175. The van der Waals surface area contributed by atoms with Crippen molar-refractivity contribution in [2.24, 2.45) is 5.73 Å². The molecule has 38 heavy (non-hydrogen) atoms. The van der Waals surface area contributed by atoms with Crippen molar-refractivity contribution in [2.45, 2.75) is 62.7 Å². The summed E-state index contributed by atoms with van der Waals surface area (Å²) in [6, 6.07) is 3.53. The molecule has 11 nitrogen and oxygen atoms in total. The zero-order chi connectivity index (χ0) is 27.7. The molecule has 6 N–H and O–H groups in total. The van der Waals surface area contributed by atoms with Crippen LogP contribution in [0, 0.1) is 0 Å². The van der Waals surface area contributed by atoms with E-state index in [2.05, 4.69) is 0 Å². The minimum absolute atomic E-state index is 0.0182. The van der Waals surface area contributed by atoms with E-state index in [1.165, 1.54) is 32.2 Å². The molecule has 202 valence electrons. The molecule has 2 aromatic carbocycles. The van der Waals surface area contributed by atoms with Gasteiger partial charge in [0.25, 0.3) is 0 Å². The second-order valence-corrected chi connectivity index (χ2v) is 10.1. The minimum atomic E-state index is -2.01. The highest BCUT2D eigenvalue weighted by atomic mass is 16.6.